The van der Waals surface area contributed by atoms with E-state index in [-0.39, 0.29) is 11.2 Å². The van der Waals surface area contributed by atoms with Crippen molar-refractivity contribution in [3.63, 3.8) is 0 Å². The summed E-state index contributed by atoms with van der Waals surface area (Å²) in [6, 6.07) is 18.9. The average Bonchev–Trinajstić information content (AvgIpc) is 2.85. The number of ether oxygens (including phenoxy) is 4. The van der Waals surface area contributed by atoms with Gasteiger partial charge in [0.05, 0.1) is 24.7 Å². The lowest BCUT2D eigenvalue weighted by Crippen LogP contribution is -2.06. The van der Waals surface area contributed by atoms with Crippen molar-refractivity contribution in [3.8, 4) is 23.0 Å². The second kappa shape index (κ2) is 9.91. The third-order valence-corrected chi connectivity index (χ3v) is 4.87. The lowest BCUT2D eigenvalue weighted by atomic mass is 10.2. The van der Waals surface area contributed by atoms with E-state index >= 15 is 0 Å². The van der Waals surface area contributed by atoms with Crippen molar-refractivity contribution in [1.82, 2.24) is 0 Å². The average molecular weight is 446 g/mol. The maximum absolute atomic E-state index is 12.8. The molecular weight excluding hydrogens is 424 g/mol. The van der Waals surface area contributed by atoms with Crippen LogP contribution in [0.2, 0.25) is 0 Å². The fourth-order valence-corrected chi connectivity index (χ4v) is 3.14. The van der Waals surface area contributed by atoms with Crippen molar-refractivity contribution in [1.29, 1.82) is 0 Å². The largest absolute Gasteiger partial charge is 0.497 e. The number of benzene rings is 3. The molecule has 0 radical (unpaired) electrons. The Bertz CT molecular complexity index is 1310. The summed E-state index contributed by atoms with van der Waals surface area (Å²) in [6.45, 7) is 2.40. The number of hydrogen-bond donors (Lipinski definition) is 0. The van der Waals surface area contributed by atoms with Crippen molar-refractivity contribution in [2.45, 2.75) is 13.5 Å². The molecule has 3 aromatic carbocycles. The molecule has 7 heteroatoms. The predicted octanol–water partition coefficient (Wildman–Crippen LogP) is 5.35. The quantitative estimate of drug-likeness (QED) is 0.337. The Morgan fingerprint density at radius 3 is 2.30 bits per heavy atom. The normalized spacial score (nSPS) is 10.6. The Morgan fingerprint density at radius 1 is 0.909 bits per heavy atom. The first-order valence-corrected chi connectivity index (χ1v) is 10.3. The minimum absolute atomic E-state index is 0.0401. The molecule has 33 heavy (non-hydrogen) atoms. The predicted molar refractivity (Wildman–Crippen MR) is 122 cm³/mol. The molecule has 0 bridgehead atoms. The first-order valence-electron chi connectivity index (χ1n) is 10.3. The van der Waals surface area contributed by atoms with Gasteiger partial charge >= 0.3 is 5.97 Å². The van der Waals surface area contributed by atoms with E-state index in [0.717, 1.165) is 11.3 Å². The van der Waals surface area contributed by atoms with Crippen LogP contribution in [0.4, 0.5) is 0 Å². The first-order chi connectivity index (χ1) is 16.1. The standard InChI is InChI=1S/C26H22O7/c1-3-30-26(28)18-6-10-20(11-7-18)33-24-16-32-23-14-21(12-13-22(23)25(24)27)31-15-17-4-8-19(29-2)9-5-17/h4-14,16H,3,15H2,1-2H3. The molecule has 0 unspecified atom stereocenters. The van der Waals surface area contributed by atoms with E-state index in [0.29, 0.717) is 41.2 Å². The second-order valence-electron chi connectivity index (χ2n) is 7.07. The number of carbonyl (C=O) groups is 1. The summed E-state index contributed by atoms with van der Waals surface area (Å²) in [5.74, 6) is 1.37. The zero-order valence-electron chi connectivity index (χ0n) is 18.2. The monoisotopic (exact) mass is 446 g/mol. The van der Waals surface area contributed by atoms with E-state index in [2.05, 4.69) is 0 Å². The minimum atomic E-state index is -0.417. The van der Waals surface area contributed by atoms with Gasteiger partial charge in [0.2, 0.25) is 11.2 Å². The number of rotatable bonds is 8. The molecular formula is C26H22O7. The summed E-state index contributed by atoms with van der Waals surface area (Å²) in [7, 11) is 1.62. The fraction of sp³-hybridized carbons (Fsp3) is 0.154. The van der Waals surface area contributed by atoms with Gasteiger partial charge in [-0.1, -0.05) is 12.1 Å². The number of fused-ring (bicyclic) bond motifs is 1. The first kappa shape index (κ1) is 22.0. The smallest absolute Gasteiger partial charge is 0.338 e. The number of esters is 1. The molecule has 0 aliphatic carbocycles. The Morgan fingerprint density at radius 2 is 1.61 bits per heavy atom. The minimum Gasteiger partial charge on any atom is -0.497 e. The zero-order chi connectivity index (χ0) is 23.2. The maximum Gasteiger partial charge on any atom is 0.338 e. The van der Waals surface area contributed by atoms with Gasteiger partial charge in [-0.05, 0) is 61.0 Å². The summed E-state index contributed by atoms with van der Waals surface area (Å²) in [4.78, 5) is 24.6. The van der Waals surface area contributed by atoms with Crippen LogP contribution in [0, 0.1) is 0 Å². The molecule has 0 saturated heterocycles. The van der Waals surface area contributed by atoms with E-state index in [1.54, 1.807) is 56.5 Å². The fourth-order valence-electron chi connectivity index (χ4n) is 3.14. The van der Waals surface area contributed by atoms with E-state index in [1.165, 1.54) is 6.26 Å². The molecule has 0 N–H and O–H groups in total. The molecule has 0 spiro atoms. The molecule has 168 valence electrons. The number of methoxy groups -OCH3 is 1. The second-order valence-corrected chi connectivity index (χ2v) is 7.07. The highest BCUT2D eigenvalue weighted by molar-refractivity contribution is 5.89. The van der Waals surface area contributed by atoms with Crippen molar-refractivity contribution in [2.24, 2.45) is 0 Å². The lowest BCUT2D eigenvalue weighted by molar-refractivity contribution is 0.0526. The van der Waals surface area contributed by atoms with Gasteiger partial charge in [0.15, 0.2) is 0 Å². The lowest BCUT2D eigenvalue weighted by Gasteiger charge is -2.09. The van der Waals surface area contributed by atoms with Gasteiger partial charge in [-0.25, -0.2) is 4.79 Å². The van der Waals surface area contributed by atoms with Crippen LogP contribution in [0.15, 0.2) is 82.2 Å². The Balaban J connectivity index is 1.47. The van der Waals surface area contributed by atoms with Crippen molar-refractivity contribution in [3.05, 3.63) is 94.3 Å². The van der Waals surface area contributed by atoms with E-state index < -0.39 is 5.97 Å². The Labute approximate surface area is 190 Å². The van der Waals surface area contributed by atoms with E-state index in [1.807, 2.05) is 24.3 Å². The molecule has 0 aliphatic heterocycles. The molecule has 1 heterocycles. The van der Waals surface area contributed by atoms with Crippen LogP contribution in [0.5, 0.6) is 23.0 Å². The van der Waals surface area contributed by atoms with Crippen LogP contribution in [-0.4, -0.2) is 19.7 Å². The third-order valence-electron chi connectivity index (χ3n) is 4.87. The molecule has 0 fully saturated rings. The summed E-state index contributed by atoms with van der Waals surface area (Å²) >= 11 is 0. The van der Waals surface area contributed by atoms with Crippen molar-refractivity contribution < 1.29 is 28.2 Å². The summed E-state index contributed by atoms with van der Waals surface area (Å²) < 4.78 is 27.2. The van der Waals surface area contributed by atoms with Gasteiger partial charge < -0.3 is 23.4 Å². The maximum atomic E-state index is 12.8. The van der Waals surface area contributed by atoms with Crippen LogP contribution < -0.4 is 19.6 Å². The summed E-state index contributed by atoms with van der Waals surface area (Å²) in [5.41, 5.74) is 1.46. The highest BCUT2D eigenvalue weighted by atomic mass is 16.5. The van der Waals surface area contributed by atoms with Gasteiger partial charge in [0, 0.05) is 6.07 Å². The molecule has 0 aliphatic rings. The van der Waals surface area contributed by atoms with Crippen LogP contribution in [-0.2, 0) is 11.3 Å². The molecule has 7 nitrogen and oxygen atoms in total. The molecule has 4 rings (SSSR count). The highest BCUT2D eigenvalue weighted by Crippen LogP contribution is 2.25. The third kappa shape index (κ3) is 5.15. The van der Waals surface area contributed by atoms with Crippen LogP contribution in [0.3, 0.4) is 0 Å². The zero-order valence-corrected chi connectivity index (χ0v) is 18.2. The van der Waals surface area contributed by atoms with Crippen LogP contribution >= 0.6 is 0 Å². The van der Waals surface area contributed by atoms with Crippen LogP contribution in [0.25, 0.3) is 11.0 Å². The molecule has 0 amide bonds. The molecule has 4 aromatic rings. The van der Waals surface area contributed by atoms with Gasteiger partial charge in [-0.15, -0.1) is 0 Å². The Kier molecular flexibility index (Phi) is 6.59. The summed E-state index contributed by atoms with van der Waals surface area (Å²) in [6.07, 6.45) is 1.26. The van der Waals surface area contributed by atoms with Crippen LogP contribution in [0.1, 0.15) is 22.8 Å². The van der Waals surface area contributed by atoms with Crippen molar-refractivity contribution in [2.75, 3.05) is 13.7 Å². The molecule has 1 aromatic heterocycles. The van der Waals surface area contributed by atoms with E-state index in [9.17, 15) is 9.59 Å². The molecule has 0 atom stereocenters. The van der Waals surface area contributed by atoms with Crippen molar-refractivity contribution >= 4 is 16.9 Å². The van der Waals surface area contributed by atoms with Gasteiger partial charge in [-0.3, -0.25) is 4.79 Å². The van der Waals surface area contributed by atoms with E-state index in [4.69, 9.17) is 23.4 Å². The van der Waals surface area contributed by atoms with Gasteiger partial charge in [-0.2, -0.15) is 0 Å². The Hall–Kier alpha value is -4.26. The highest BCUT2D eigenvalue weighted by Gasteiger charge is 2.12. The SMILES string of the molecule is CCOC(=O)c1ccc(Oc2coc3cc(OCc4ccc(OC)cc4)ccc3c2=O)cc1. The summed E-state index contributed by atoms with van der Waals surface area (Å²) in [5, 5.41) is 0.368. The molecule has 0 saturated carbocycles. The topological polar surface area (TPSA) is 84.2 Å². The van der Waals surface area contributed by atoms with Gasteiger partial charge in [0.25, 0.3) is 0 Å². The number of hydrogen-bond acceptors (Lipinski definition) is 7. The van der Waals surface area contributed by atoms with Gasteiger partial charge in [0.1, 0.15) is 35.7 Å². The number of carbonyl (C=O) groups excluding carboxylic acids is 1.